The van der Waals surface area contributed by atoms with E-state index < -0.39 is 11.7 Å². The second-order valence-corrected chi connectivity index (χ2v) is 7.14. The molecule has 4 nitrogen and oxygen atoms in total. The quantitative estimate of drug-likeness (QED) is 0.346. The molecular formula is C19H38O4. The minimum absolute atomic E-state index is 0.139. The summed E-state index contributed by atoms with van der Waals surface area (Å²) in [7, 11) is 0. The van der Waals surface area contributed by atoms with Gasteiger partial charge in [0.1, 0.15) is 12.7 Å². The molecule has 2 N–H and O–H groups in total. The second kappa shape index (κ2) is 13.8. The number of aliphatic hydroxyl groups is 2. The molecule has 0 aliphatic heterocycles. The van der Waals surface area contributed by atoms with Crippen LogP contribution in [0.2, 0.25) is 0 Å². The maximum Gasteiger partial charge on any atom is 0.305 e. The molecule has 23 heavy (non-hydrogen) atoms. The third-order valence-electron chi connectivity index (χ3n) is 4.20. The maximum absolute atomic E-state index is 11.5. The SMILES string of the molecule is CCCCCCCCCCCCCC(=O)OCC(O)C(C)(C)O. The van der Waals surface area contributed by atoms with E-state index in [9.17, 15) is 15.0 Å². The van der Waals surface area contributed by atoms with E-state index >= 15 is 0 Å². The van der Waals surface area contributed by atoms with Crippen molar-refractivity contribution in [3.63, 3.8) is 0 Å². The summed E-state index contributed by atoms with van der Waals surface area (Å²) in [6.07, 6.45) is 13.1. The zero-order chi connectivity index (χ0) is 17.6. The van der Waals surface area contributed by atoms with Crippen molar-refractivity contribution in [2.24, 2.45) is 0 Å². The van der Waals surface area contributed by atoms with Gasteiger partial charge in [-0.3, -0.25) is 4.79 Å². The molecule has 0 saturated heterocycles. The first-order valence-corrected chi connectivity index (χ1v) is 9.44. The number of carbonyl (C=O) groups excluding carboxylic acids is 1. The highest BCUT2D eigenvalue weighted by atomic mass is 16.5. The van der Waals surface area contributed by atoms with Crippen LogP contribution in [0.4, 0.5) is 0 Å². The number of unbranched alkanes of at least 4 members (excludes halogenated alkanes) is 10. The van der Waals surface area contributed by atoms with E-state index in [2.05, 4.69) is 6.92 Å². The van der Waals surface area contributed by atoms with Crippen molar-refractivity contribution in [2.75, 3.05) is 6.61 Å². The van der Waals surface area contributed by atoms with Crippen LogP contribution in [0.25, 0.3) is 0 Å². The number of hydrogen-bond acceptors (Lipinski definition) is 4. The Morgan fingerprint density at radius 3 is 1.78 bits per heavy atom. The molecule has 0 radical (unpaired) electrons. The number of rotatable bonds is 15. The number of hydrogen-bond donors (Lipinski definition) is 2. The Bertz CT molecular complexity index is 284. The van der Waals surface area contributed by atoms with Crippen LogP contribution in [0.5, 0.6) is 0 Å². The Labute approximate surface area is 142 Å². The number of aliphatic hydroxyl groups excluding tert-OH is 1. The Morgan fingerprint density at radius 2 is 1.35 bits per heavy atom. The van der Waals surface area contributed by atoms with Gasteiger partial charge in [-0.05, 0) is 20.3 Å². The molecule has 0 spiro atoms. The Kier molecular flexibility index (Phi) is 13.4. The minimum Gasteiger partial charge on any atom is -0.463 e. The lowest BCUT2D eigenvalue weighted by molar-refractivity contribution is -0.152. The highest BCUT2D eigenvalue weighted by molar-refractivity contribution is 5.69. The van der Waals surface area contributed by atoms with Crippen molar-refractivity contribution >= 4 is 5.97 Å². The monoisotopic (exact) mass is 330 g/mol. The summed E-state index contributed by atoms with van der Waals surface area (Å²) in [4.78, 5) is 11.5. The van der Waals surface area contributed by atoms with Gasteiger partial charge in [0, 0.05) is 6.42 Å². The van der Waals surface area contributed by atoms with Crippen molar-refractivity contribution in [3.8, 4) is 0 Å². The predicted molar refractivity (Wildman–Crippen MR) is 94.3 cm³/mol. The Morgan fingerprint density at radius 1 is 0.913 bits per heavy atom. The molecule has 0 bridgehead atoms. The number of esters is 1. The van der Waals surface area contributed by atoms with Crippen molar-refractivity contribution < 1.29 is 19.7 Å². The van der Waals surface area contributed by atoms with Crippen LogP contribution in [0.15, 0.2) is 0 Å². The minimum atomic E-state index is -1.24. The summed E-state index contributed by atoms with van der Waals surface area (Å²) in [5.74, 6) is -0.288. The summed E-state index contributed by atoms with van der Waals surface area (Å²) in [6.45, 7) is 5.09. The second-order valence-electron chi connectivity index (χ2n) is 7.14. The van der Waals surface area contributed by atoms with Gasteiger partial charge < -0.3 is 14.9 Å². The first-order chi connectivity index (χ1) is 10.9. The summed E-state index contributed by atoms with van der Waals surface area (Å²) < 4.78 is 4.97. The molecule has 0 aromatic rings. The van der Waals surface area contributed by atoms with Crippen LogP contribution >= 0.6 is 0 Å². The fourth-order valence-corrected chi connectivity index (χ4v) is 2.38. The van der Waals surface area contributed by atoms with E-state index in [-0.39, 0.29) is 12.6 Å². The van der Waals surface area contributed by atoms with Crippen molar-refractivity contribution in [1.82, 2.24) is 0 Å². The standard InChI is InChI=1S/C19H38O4/c1-4-5-6-7-8-9-10-11-12-13-14-15-18(21)23-16-17(20)19(2,3)22/h17,20,22H,4-16H2,1-3H3. The third kappa shape index (κ3) is 14.7. The fraction of sp³-hybridized carbons (Fsp3) is 0.947. The van der Waals surface area contributed by atoms with Crippen LogP contribution in [0.3, 0.4) is 0 Å². The molecule has 0 aromatic carbocycles. The lowest BCUT2D eigenvalue weighted by atomic mass is 10.0. The molecule has 0 amide bonds. The average molecular weight is 331 g/mol. The molecule has 0 aliphatic carbocycles. The molecule has 0 rings (SSSR count). The summed E-state index contributed by atoms with van der Waals surface area (Å²) in [5.41, 5.74) is -1.24. The molecule has 0 saturated carbocycles. The van der Waals surface area contributed by atoms with Crippen LogP contribution < -0.4 is 0 Å². The highest BCUT2D eigenvalue weighted by Gasteiger charge is 2.25. The smallest absolute Gasteiger partial charge is 0.305 e. The lowest BCUT2D eigenvalue weighted by Crippen LogP contribution is -2.39. The zero-order valence-electron chi connectivity index (χ0n) is 15.5. The van der Waals surface area contributed by atoms with Crippen LogP contribution in [-0.4, -0.2) is 34.5 Å². The third-order valence-corrected chi connectivity index (χ3v) is 4.20. The highest BCUT2D eigenvalue weighted by Crippen LogP contribution is 2.13. The van der Waals surface area contributed by atoms with Crippen molar-refractivity contribution in [1.29, 1.82) is 0 Å². The van der Waals surface area contributed by atoms with Gasteiger partial charge in [-0.15, -0.1) is 0 Å². The molecule has 0 aliphatic rings. The number of carbonyl (C=O) groups is 1. The van der Waals surface area contributed by atoms with E-state index in [0.29, 0.717) is 6.42 Å². The van der Waals surface area contributed by atoms with Gasteiger partial charge in [-0.25, -0.2) is 0 Å². The molecule has 0 aromatic heterocycles. The molecule has 138 valence electrons. The van der Waals surface area contributed by atoms with E-state index in [1.807, 2.05) is 0 Å². The van der Waals surface area contributed by atoms with E-state index in [1.165, 1.54) is 71.6 Å². The predicted octanol–water partition coefficient (Wildman–Crippen LogP) is 4.36. The van der Waals surface area contributed by atoms with Gasteiger partial charge in [0.15, 0.2) is 0 Å². The zero-order valence-corrected chi connectivity index (χ0v) is 15.5. The van der Waals surface area contributed by atoms with Crippen molar-refractivity contribution in [2.45, 2.75) is 110 Å². The maximum atomic E-state index is 11.5. The summed E-state index contributed by atoms with van der Waals surface area (Å²) in [6, 6.07) is 0. The fourth-order valence-electron chi connectivity index (χ4n) is 2.38. The largest absolute Gasteiger partial charge is 0.463 e. The molecule has 0 heterocycles. The van der Waals surface area contributed by atoms with Gasteiger partial charge in [-0.1, -0.05) is 71.1 Å². The van der Waals surface area contributed by atoms with Gasteiger partial charge in [0.05, 0.1) is 5.60 Å². The van der Waals surface area contributed by atoms with Crippen LogP contribution in [0, 0.1) is 0 Å². The topological polar surface area (TPSA) is 66.8 Å². The van der Waals surface area contributed by atoms with E-state index in [1.54, 1.807) is 0 Å². The van der Waals surface area contributed by atoms with E-state index in [0.717, 1.165) is 12.8 Å². The molecular weight excluding hydrogens is 292 g/mol. The van der Waals surface area contributed by atoms with Crippen LogP contribution in [0.1, 0.15) is 97.8 Å². The van der Waals surface area contributed by atoms with Gasteiger partial charge in [0.2, 0.25) is 0 Å². The van der Waals surface area contributed by atoms with Gasteiger partial charge in [-0.2, -0.15) is 0 Å². The average Bonchev–Trinajstić information content (AvgIpc) is 2.49. The normalized spacial score (nSPS) is 13.1. The molecule has 1 unspecified atom stereocenters. The molecule has 4 heteroatoms. The first-order valence-electron chi connectivity index (χ1n) is 9.44. The van der Waals surface area contributed by atoms with E-state index in [4.69, 9.17) is 4.74 Å². The lowest BCUT2D eigenvalue weighted by Gasteiger charge is -2.23. The molecule has 0 fully saturated rings. The first kappa shape index (κ1) is 22.4. The number of ether oxygens (including phenoxy) is 1. The summed E-state index contributed by atoms with van der Waals surface area (Å²) in [5, 5.41) is 19.1. The Balaban J connectivity index is 3.33. The van der Waals surface area contributed by atoms with Crippen LogP contribution in [-0.2, 0) is 9.53 Å². The van der Waals surface area contributed by atoms with Crippen molar-refractivity contribution in [3.05, 3.63) is 0 Å². The summed E-state index contributed by atoms with van der Waals surface area (Å²) >= 11 is 0. The van der Waals surface area contributed by atoms with Gasteiger partial charge >= 0.3 is 5.97 Å². The Hall–Kier alpha value is -0.610. The molecule has 1 atom stereocenters. The van der Waals surface area contributed by atoms with Gasteiger partial charge in [0.25, 0.3) is 0 Å².